The van der Waals surface area contributed by atoms with Gasteiger partial charge in [-0.2, -0.15) is 0 Å². The van der Waals surface area contributed by atoms with E-state index in [1.807, 2.05) is 0 Å². The van der Waals surface area contributed by atoms with Crippen LogP contribution in [0.4, 0.5) is 0 Å². The fourth-order valence-electron chi connectivity index (χ4n) is 0. The third kappa shape index (κ3) is 93.3. The minimum Gasteiger partial charge on any atom is -0.370 e. The zero-order valence-corrected chi connectivity index (χ0v) is 5.89. The van der Waals surface area contributed by atoms with Gasteiger partial charge in [0.1, 0.15) is 0 Å². The molecule has 0 heterocycles. The number of carbonyl (C=O) groups excluding carboxylic acids is 1. The Bertz CT molecular complexity index is 31.8. The number of Topliss-reactive ketones (excluding diaryl/α,β-unsaturated/α-hetero) is 1. The van der Waals surface area contributed by atoms with E-state index in [9.17, 15) is 4.79 Å². The van der Waals surface area contributed by atoms with Crippen molar-refractivity contribution in [3.8, 4) is 0 Å². The van der Waals surface area contributed by atoms with Gasteiger partial charge in [0.05, 0.1) is 0 Å². The van der Waals surface area contributed by atoms with Crippen LogP contribution in [0, 0.1) is 13.8 Å². The second kappa shape index (κ2) is 9.31. The number of hydrogen-bond donors (Lipinski definition) is 0. The number of ketones is 1. The van der Waals surface area contributed by atoms with E-state index in [0.717, 1.165) is 0 Å². The van der Waals surface area contributed by atoms with E-state index >= 15 is 0 Å². The van der Waals surface area contributed by atoms with Crippen molar-refractivity contribution in [3.63, 3.8) is 0 Å². The number of hydrogen-bond acceptors (Lipinski definition) is 1. The van der Waals surface area contributed by atoms with Crippen molar-refractivity contribution in [2.75, 3.05) is 0 Å². The summed E-state index contributed by atoms with van der Waals surface area (Å²) in [5, 5.41) is 0. The molecule has 0 bridgehead atoms. The third-order valence-corrected chi connectivity index (χ3v) is 0. The van der Waals surface area contributed by atoms with Gasteiger partial charge in [-0.05, 0) is 0 Å². The van der Waals surface area contributed by atoms with Crippen molar-refractivity contribution in [3.05, 3.63) is 13.8 Å². The average molecular weight is 272 g/mol. The van der Waals surface area contributed by atoms with E-state index in [1.165, 1.54) is 0 Å². The van der Waals surface area contributed by atoms with E-state index in [2.05, 4.69) is 13.8 Å². The molecule has 0 aliphatic heterocycles. The van der Waals surface area contributed by atoms with Gasteiger partial charge in [-0.3, -0.25) is 0 Å². The van der Waals surface area contributed by atoms with Gasteiger partial charge in [0, 0.05) is 0 Å². The van der Waals surface area contributed by atoms with Gasteiger partial charge in [0.25, 0.3) is 0 Å². The molecule has 44 valence electrons. The maximum absolute atomic E-state index is 9.22. The monoisotopic (exact) mass is 270 g/mol. The summed E-state index contributed by atoms with van der Waals surface area (Å²) in [4.78, 5) is 9.22. The maximum Gasteiger partial charge on any atom is 1.00 e. The molecular weight excluding hydrogens is 268 g/mol. The summed E-state index contributed by atoms with van der Waals surface area (Å²) in [6.07, 6.45) is 0. The molecule has 0 aliphatic rings. The molecule has 0 aromatic heterocycles. The molecule has 0 unspecified atom stereocenters. The topological polar surface area (TPSA) is 17.1 Å². The molecule has 0 rings (SSSR count). The Hall–Kier alpha value is 0.891. The first kappa shape index (κ1) is 15.8. The van der Waals surface area contributed by atoms with Gasteiger partial charge in [0.15, 0.2) is 0 Å². The summed E-state index contributed by atoms with van der Waals surface area (Å²) in [6.45, 7) is 5.78. The first-order valence-electron chi connectivity index (χ1n) is 0.911. The molecule has 0 saturated heterocycles. The smallest absolute Gasteiger partial charge is 0.370 e. The standard InChI is InChI=1S/C3H4O.2Ag/c1-3(2)4;;/h1-2H2;;/q-2;2*+1. The minimum atomic E-state index is -0.333. The van der Waals surface area contributed by atoms with Crippen molar-refractivity contribution in [1.82, 2.24) is 0 Å². The quantitative estimate of drug-likeness (QED) is 0.455. The Morgan fingerprint density at radius 1 is 1.17 bits per heavy atom. The Balaban J connectivity index is -0.0000000450. The minimum absolute atomic E-state index is 0. The van der Waals surface area contributed by atoms with Gasteiger partial charge in [-0.25, -0.2) is 0 Å². The molecular formula is C3H4Ag2O. The third-order valence-electron chi connectivity index (χ3n) is 0. The maximum atomic E-state index is 9.22. The van der Waals surface area contributed by atoms with Crippen molar-refractivity contribution < 1.29 is 49.6 Å². The number of rotatable bonds is 0. The van der Waals surface area contributed by atoms with Crippen LogP contribution in [0.25, 0.3) is 0 Å². The Labute approximate surface area is 68.9 Å². The molecule has 3 heteroatoms. The predicted molar refractivity (Wildman–Crippen MR) is 15.7 cm³/mol. The molecule has 0 aromatic rings. The van der Waals surface area contributed by atoms with Crippen LogP contribution in [0.2, 0.25) is 0 Å². The molecule has 0 amide bonds. The average Bonchev–Trinajstić information content (AvgIpc) is 0.811. The van der Waals surface area contributed by atoms with Crippen LogP contribution in [-0.4, -0.2) is 5.78 Å². The largest absolute Gasteiger partial charge is 1.00 e. The molecule has 0 aliphatic carbocycles. The Morgan fingerprint density at radius 3 is 1.17 bits per heavy atom. The molecule has 0 aromatic carbocycles. The Morgan fingerprint density at radius 2 is 1.17 bits per heavy atom. The van der Waals surface area contributed by atoms with Gasteiger partial charge in [-0.1, -0.05) is 0 Å². The summed E-state index contributed by atoms with van der Waals surface area (Å²) in [6, 6.07) is 0. The summed E-state index contributed by atoms with van der Waals surface area (Å²) >= 11 is 0. The van der Waals surface area contributed by atoms with Crippen LogP contribution in [0.5, 0.6) is 0 Å². The number of carbonyl (C=O) groups is 1. The van der Waals surface area contributed by atoms with E-state index in [0.29, 0.717) is 0 Å². The van der Waals surface area contributed by atoms with Crippen molar-refractivity contribution in [2.45, 2.75) is 0 Å². The molecule has 0 atom stereocenters. The van der Waals surface area contributed by atoms with Crippen LogP contribution >= 0.6 is 0 Å². The van der Waals surface area contributed by atoms with Gasteiger partial charge < -0.3 is 18.6 Å². The van der Waals surface area contributed by atoms with Crippen molar-refractivity contribution >= 4 is 5.78 Å². The molecule has 0 radical (unpaired) electrons. The van der Waals surface area contributed by atoms with Crippen LogP contribution in [0.1, 0.15) is 0 Å². The molecule has 0 saturated carbocycles. The molecule has 0 fully saturated rings. The first-order chi connectivity index (χ1) is 1.73. The van der Waals surface area contributed by atoms with Crippen LogP contribution < -0.4 is 0 Å². The molecule has 0 spiro atoms. The first-order valence-corrected chi connectivity index (χ1v) is 0.911. The zero-order chi connectivity index (χ0) is 3.58. The second-order valence-electron chi connectivity index (χ2n) is 0.539. The molecule has 1 nitrogen and oxygen atoms in total. The summed E-state index contributed by atoms with van der Waals surface area (Å²) in [5.74, 6) is -0.333. The predicted octanol–water partition coefficient (Wildman–Crippen LogP) is 0.219. The van der Waals surface area contributed by atoms with Gasteiger partial charge in [-0.15, -0.1) is 5.78 Å². The Kier molecular flexibility index (Phi) is 24.5. The SMILES string of the molecule is [Ag+].[Ag+].[CH2-]C([CH2-])=O. The zero-order valence-electron chi connectivity index (χ0n) is 2.93. The second-order valence-corrected chi connectivity index (χ2v) is 0.539. The van der Waals surface area contributed by atoms with Crippen molar-refractivity contribution in [1.29, 1.82) is 0 Å². The van der Waals surface area contributed by atoms with Gasteiger partial charge in [0.2, 0.25) is 0 Å². The van der Waals surface area contributed by atoms with E-state index in [1.54, 1.807) is 0 Å². The fraction of sp³-hybridized carbons (Fsp3) is 0. The van der Waals surface area contributed by atoms with Crippen molar-refractivity contribution in [2.24, 2.45) is 0 Å². The fourth-order valence-corrected chi connectivity index (χ4v) is 0. The van der Waals surface area contributed by atoms with Crippen LogP contribution in [0.3, 0.4) is 0 Å². The summed E-state index contributed by atoms with van der Waals surface area (Å²) in [5.41, 5.74) is 0. The normalized spacial score (nSPS) is 4.00. The van der Waals surface area contributed by atoms with E-state index in [-0.39, 0.29) is 50.5 Å². The van der Waals surface area contributed by atoms with Crippen LogP contribution in [0.15, 0.2) is 0 Å². The summed E-state index contributed by atoms with van der Waals surface area (Å²) in [7, 11) is 0. The van der Waals surface area contributed by atoms with Gasteiger partial charge >= 0.3 is 44.8 Å². The molecule has 0 N–H and O–H groups in total. The summed E-state index contributed by atoms with van der Waals surface area (Å²) < 4.78 is 0. The molecule has 6 heavy (non-hydrogen) atoms. The van der Waals surface area contributed by atoms with E-state index < -0.39 is 0 Å². The van der Waals surface area contributed by atoms with Crippen LogP contribution in [-0.2, 0) is 49.6 Å². The van der Waals surface area contributed by atoms with E-state index in [4.69, 9.17) is 0 Å².